The van der Waals surface area contributed by atoms with Crippen molar-refractivity contribution in [1.29, 1.82) is 0 Å². The maximum Gasteiger partial charge on any atom is 0.236 e. The van der Waals surface area contributed by atoms with Crippen LogP contribution in [0.15, 0.2) is 24.3 Å². The Hall–Kier alpha value is -1.46. The number of likely N-dealkylation sites (N-methyl/N-ethyl adjacent to an activating group) is 1. The van der Waals surface area contributed by atoms with Crippen LogP contribution in [0.5, 0.6) is 0 Å². The van der Waals surface area contributed by atoms with E-state index in [1.807, 2.05) is 25.2 Å². The number of carbonyl (C=O) groups excluding carboxylic acids is 1. The van der Waals surface area contributed by atoms with Crippen molar-refractivity contribution in [3.8, 4) is 0 Å². The number of thiazole rings is 1. The standard InChI is InChI=1S/C17H23N3OS/c1-13-7-9-20(10-8-13)12-17(21)19(2)11-16-18-14-5-3-4-6-15(14)22-16/h3-6,13H,7-12H2,1-2H3. The fourth-order valence-electron chi connectivity index (χ4n) is 2.81. The Kier molecular flexibility index (Phi) is 4.74. The van der Waals surface area contributed by atoms with Gasteiger partial charge in [-0.05, 0) is 44.0 Å². The molecule has 0 unspecified atom stereocenters. The maximum absolute atomic E-state index is 12.4. The average molecular weight is 317 g/mol. The molecule has 0 bridgehead atoms. The van der Waals surface area contributed by atoms with Crippen LogP contribution in [0, 0.1) is 5.92 Å². The Balaban J connectivity index is 1.56. The first kappa shape index (κ1) is 15.4. The second-order valence-electron chi connectivity index (χ2n) is 6.28. The molecule has 22 heavy (non-hydrogen) atoms. The van der Waals surface area contributed by atoms with Crippen LogP contribution in [0.25, 0.3) is 10.2 Å². The number of hydrogen-bond acceptors (Lipinski definition) is 4. The number of likely N-dealkylation sites (tertiary alicyclic amines) is 1. The predicted octanol–water partition coefficient (Wildman–Crippen LogP) is 2.99. The predicted molar refractivity (Wildman–Crippen MR) is 90.9 cm³/mol. The Morgan fingerprint density at radius 3 is 2.82 bits per heavy atom. The highest BCUT2D eigenvalue weighted by Crippen LogP contribution is 2.22. The highest BCUT2D eigenvalue weighted by molar-refractivity contribution is 7.18. The van der Waals surface area contributed by atoms with Crippen LogP contribution in [0.3, 0.4) is 0 Å². The molecule has 5 heteroatoms. The van der Waals surface area contributed by atoms with Crippen molar-refractivity contribution in [1.82, 2.24) is 14.8 Å². The van der Waals surface area contributed by atoms with E-state index in [4.69, 9.17) is 0 Å². The van der Waals surface area contributed by atoms with Gasteiger partial charge in [-0.2, -0.15) is 0 Å². The van der Waals surface area contributed by atoms with Crippen molar-refractivity contribution >= 4 is 27.5 Å². The van der Waals surface area contributed by atoms with E-state index < -0.39 is 0 Å². The summed E-state index contributed by atoms with van der Waals surface area (Å²) in [5.74, 6) is 0.987. The molecule has 1 fully saturated rings. The van der Waals surface area contributed by atoms with Crippen LogP contribution in [-0.2, 0) is 11.3 Å². The maximum atomic E-state index is 12.4. The minimum atomic E-state index is 0.189. The summed E-state index contributed by atoms with van der Waals surface area (Å²) >= 11 is 1.67. The molecule has 118 valence electrons. The van der Waals surface area contributed by atoms with Gasteiger partial charge >= 0.3 is 0 Å². The minimum absolute atomic E-state index is 0.189. The number of para-hydroxylation sites is 1. The van der Waals surface area contributed by atoms with Crippen molar-refractivity contribution in [2.75, 3.05) is 26.7 Å². The first-order valence-corrected chi connectivity index (χ1v) is 8.74. The van der Waals surface area contributed by atoms with Crippen molar-refractivity contribution in [3.05, 3.63) is 29.3 Å². The van der Waals surface area contributed by atoms with E-state index in [1.54, 1.807) is 16.2 Å². The molecule has 0 N–H and O–H groups in total. The lowest BCUT2D eigenvalue weighted by Crippen LogP contribution is -2.41. The molecule has 4 nitrogen and oxygen atoms in total. The summed E-state index contributed by atoms with van der Waals surface area (Å²) in [6.45, 7) is 5.51. The highest BCUT2D eigenvalue weighted by atomic mass is 32.1. The first-order valence-electron chi connectivity index (χ1n) is 7.92. The van der Waals surface area contributed by atoms with Gasteiger partial charge in [0.25, 0.3) is 0 Å². The molecule has 3 rings (SSSR count). The number of hydrogen-bond donors (Lipinski definition) is 0. The molecule has 1 aliphatic heterocycles. The van der Waals surface area contributed by atoms with Crippen LogP contribution in [0.2, 0.25) is 0 Å². The molecule has 0 spiro atoms. The zero-order valence-corrected chi connectivity index (χ0v) is 14.1. The molecule has 0 atom stereocenters. The van der Waals surface area contributed by atoms with Crippen LogP contribution in [0.1, 0.15) is 24.8 Å². The molecule has 0 saturated carbocycles. The second kappa shape index (κ2) is 6.75. The van der Waals surface area contributed by atoms with Gasteiger partial charge < -0.3 is 4.90 Å². The smallest absolute Gasteiger partial charge is 0.236 e. The van der Waals surface area contributed by atoms with Gasteiger partial charge in [-0.25, -0.2) is 4.98 Å². The van der Waals surface area contributed by atoms with E-state index >= 15 is 0 Å². The number of rotatable bonds is 4. The Morgan fingerprint density at radius 2 is 2.09 bits per heavy atom. The summed E-state index contributed by atoms with van der Waals surface area (Å²) in [6, 6.07) is 8.12. The summed E-state index contributed by atoms with van der Waals surface area (Å²) in [5.41, 5.74) is 1.02. The normalized spacial score (nSPS) is 17.0. The van der Waals surface area contributed by atoms with Gasteiger partial charge in [0.15, 0.2) is 0 Å². The fourth-order valence-corrected chi connectivity index (χ4v) is 3.83. The largest absolute Gasteiger partial charge is 0.338 e. The van der Waals surface area contributed by atoms with Crippen LogP contribution in [-0.4, -0.2) is 47.4 Å². The number of aromatic nitrogens is 1. The zero-order valence-electron chi connectivity index (χ0n) is 13.3. The number of nitrogens with zero attached hydrogens (tertiary/aromatic N) is 3. The first-order chi connectivity index (χ1) is 10.6. The molecule has 0 radical (unpaired) electrons. The third-order valence-electron chi connectivity index (χ3n) is 4.37. The topological polar surface area (TPSA) is 36.4 Å². The van der Waals surface area contributed by atoms with E-state index in [0.717, 1.165) is 29.5 Å². The van der Waals surface area contributed by atoms with Gasteiger partial charge in [0.1, 0.15) is 5.01 Å². The molecule has 1 aromatic heterocycles. The van der Waals surface area contributed by atoms with Crippen molar-refractivity contribution in [2.24, 2.45) is 5.92 Å². The molecular weight excluding hydrogens is 294 g/mol. The Bertz CT molecular complexity index is 613. The molecule has 1 aliphatic rings. The molecule has 1 saturated heterocycles. The number of fused-ring (bicyclic) bond motifs is 1. The van der Waals surface area contributed by atoms with Gasteiger partial charge in [-0.3, -0.25) is 9.69 Å². The molecular formula is C17H23N3OS. The molecule has 2 aromatic rings. The third kappa shape index (κ3) is 3.65. The minimum Gasteiger partial charge on any atom is -0.338 e. The summed E-state index contributed by atoms with van der Waals surface area (Å²) in [4.78, 5) is 21.1. The summed E-state index contributed by atoms with van der Waals surface area (Å²) < 4.78 is 1.18. The fraction of sp³-hybridized carbons (Fsp3) is 0.529. The summed E-state index contributed by atoms with van der Waals surface area (Å²) in [6.07, 6.45) is 2.41. The summed E-state index contributed by atoms with van der Waals surface area (Å²) in [7, 11) is 1.88. The SMILES string of the molecule is CC1CCN(CC(=O)N(C)Cc2nc3ccccc3s2)CC1. The van der Waals surface area contributed by atoms with Crippen LogP contribution < -0.4 is 0 Å². The number of amides is 1. The lowest BCUT2D eigenvalue weighted by atomic mass is 9.99. The van der Waals surface area contributed by atoms with Crippen LogP contribution in [0.4, 0.5) is 0 Å². The van der Waals surface area contributed by atoms with Gasteiger partial charge in [0.05, 0.1) is 23.3 Å². The monoisotopic (exact) mass is 317 g/mol. The van der Waals surface area contributed by atoms with E-state index in [1.165, 1.54) is 17.5 Å². The van der Waals surface area contributed by atoms with Crippen molar-refractivity contribution < 1.29 is 4.79 Å². The van der Waals surface area contributed by atoms with E-state index in [0.29, 0.717) is 13.1 Å². The third-order valence-corrected chi connectivity index (χ3v) is 5.39. The van der Waals surface area contributed by atoms with Gasteiger partial charge in [0, 0.05) is 7.05 Å². The molecule has 2 heterocycles. The zero-order chi connectivity index (χ0) is 15.5. The quantitative estimate of drug-likeness (QED) is 0.870. The Labute approximate surface area is 135 Å². The van der Waals surface area contributed by atoms with E-state index in [2.05, 4.69) is 22.9 Å². The number of piperidine rings is 1. The van der Waals surface area contributed by atoms with Crippen molar-refractivity contribution in [3.63, 3.8) is 0 Å². The lowest BCUT2D eigenvalue weighted by Gasteiger charge is -2.30. The molecule has 1 amide bonds. The second-order valence-corrected chi connectivity index (χ2v) is 7.40. The lowest BCUT2D eigenvalue weighted by molar-refractivity contribution is -0.132. The van der Waals surface area contributed by atoms with E-state index in [9.17, 15) is 4.79 Å². The summed E-state index contributed by atoms with van der Waals surface area (Å²) in [5, 5.41) is 1.00. The van der Waals surface area contributed by atoms with Gasteiger partial charge in [-0.15, -0.1) is 11.3 Å². The number of carbonyl (C=O) groups is 1. The van der Waals surface area contributed by atoms with E-state index in [-0.39, 0.29) is 5.91 Å². The average Bonchev–Trinajstić information content (AvgIpc) is 2.91. The van der Waals surface area contributed by atoms with Gasteiger partial charge in [-0.1, -0.05) is 19.1 Å². The molecule has 0 aliphatic carbocycles. The Morgan fingerprint density at radius 1 is 1.36 bits per heavy atom. The van der Waals surface area contributed by atoms with Crippen molar-refractivity contribution in [2.45, 2.75) is 26.3 Å². The number of benzene rings is 1. The van der Waals surface area contributed by atoms with Crippen LogP contribution >= 0.6 is 11.3 Å². The van der Waals surface area contributed by atoms with Gasteiger partial charge in [0.2, 0.25) is 5.91 Å². The highest BCUT2D eigenvalue weighted by Gasteiger charge is 2.20. The molecule has 1 aromatic carbocycles.